The first-order valence-electron chi connectivity index (χ1n) is 9.21. The van der Waals surface area contributed by atoms with Gasteiger partial charge in [0, 0.05) is 31.6 Å². The van der Waals surface area contributed by atoms with Crippen molar-refractivity contribution in [2.24, 2.45) is 5.41 Å². The largest absolute Gasteiger partial charge is 0.480 e. The van der Waals surface area contributed by atoms with Crippen LogP contribution in [-0.4, -0.2) is 53.0 Å². The number of amides is 1. The predicted molar refractivity (Wildman–Crippen MR) is 109 cm³/mol. The molecule has 0 saturated heterocycles. The predicted octanol–water partition coefficient (Wildman–Crippen LogP) is 3.36. The fraction of sp³-hybridized carbons (Fsp3) is 0.455. The number of carboxylic acid groups (broad SMARTS) is 1. The monoisotopic (exact) mass is 372 g/mol. The Morgan fingerprint density at radius 1 is 1.07 bits per heavy atom. The van der Waals surface area contributed by atoms with Crippen LogP contribution in [0, 0.1) is 5.41 Å². The lowest BCUT2D eigenvalue weighted by Crippen LogP contribution is -2.42. The van der Waals surface area contributed by atoms with Gasteiger partial charge in [-0.05, 0) is 17.5 Å². The van der Waals surface area contributed by atoms with Crippen molar-refractivity contribution in [3.63, 3.8) is 0 Å². The van der Waals surface area contributed by atoms with E-state index in [0.717, 1.165) is 37.2 Å². The molecular formula is C22H32N2O3. The molecule has 0 radical (unpaired) electrons. The summed E-state index contributed by atoms with van der Waals surface area (Å²) in [6, 6.07) is 7.89. The summed E-state index contributed by atoms with van der Waals surface area (Å²) < 4.78 is 0. The van der Waals surface area contributed by atoms with Crippen molar-refractivity contribution in [2.45, 2.75) is 33.7 Å². The summed E-state index contributed by atoms with van der Waals surface area (Å²) in [5, 5.41) is 9.22. The normalized spacial score (nSPS) is 11.3. The first-order chi connectivity index (χ1) is 12.7. The molecule has 5 nitrogen and oxygen atoms in total. The highest BCUT2D eigenvalue weighted by Gasteiger charge is 2.29. The molecule has 148 valence electrons. The van der Waals surface area contributed by atoms with E-state index in [4.69, 9.17) is 0 Å². The zero-order chi connectivity index (χ0) is 20.4. The summed E-state index contributed by atoms with van der Waals surface area (Å²) in [7, 11) is 0. The van der Waals surface area contributed by atoms with Gasteiger partial charge in [0.15, 0.2) is 0 Å². The van der Waals surface area contributed by atoms with Crippen LogP contribution in [0.4, 0.5) is 0 Å². The van der Waals surface area contributed by atoms with Crippen molar-refractivity contribution in [1.82, 2.24) is 9.80 Å². The summed E-state index contributed by atoms with van der Waals surface area (Å²) in [6.45, 7) is 15.4. The van der Waals surface area contributed by atoms with Crippen molar-refractivity contribution >= 4 is 11.9 Å². The van der Waals surface area contributed by atoms with Gasteiger partial charge in [-0.3, -0.25) is 14.5 Å². The third-order valence-corrected chi connectivity index (χ3v) is 4.21. The summed E-state index contributed by atoms with van der Waals surface area (Å²) >= 11 is 0. The van der Waals surface area contributed by atoms with E-state index >= 15 is 0 Å². The van der Waals surface area contributed by atoms with E-state index in [1.807, 2.05) is 36.4 Å². The molecule has 0 spiro atoms. The number of aliphatic carboxylic acids is 1. The number of benzene rings is 1. The van der Waals surface area contributed by atoms with Crippen LogP contribution in [0.1, 0.15) is 31.9 Å². The zero-order valence-corrected chi connectivity index (χ0v) is 16.8. The summed E-state index contributed by atoms with van der Waals surface area (Å²) in [5.74, 6) is -1.17. The highest BCUT2D eigenvalue weighted by Crippen LogP contribution is 2.21. The molecule has 0 unspecified atom stereocenters. The smallest absolute Gasteiger partial charge is 0.323 e. The third kappa shape index (κ3) is 7.79. The average Bonchev–Trinajstić information content (AvgIpc) is 2.58. The van der Waals surface area contributed by atoms with E-state index in [1.165, 1.54) is 4.90 Å². The molecule has 1 aromatic rings. The SMILES string of the molecule is C=CCN(CC=C)CCc1ccccc1CN(CC(=O)O)C(=O)C(C)(C)C. The van der Waals surface area contributed by atoms with Gasteiger partial charge in [0.2, 0.25) is 5.91 Å². The molecule has 1 rings (SSSR count). The van der Waals surface area contributed by atoms with Crippen LogP contribution in [0.25, 0.3) is 0 Å². The van der Waals surface area contributed by atoms with Crippen molar-refractivity contribution < 1.29 is 14.7 Å². The van der Waals surface area contributed by atoms with Gasteiger partial charge in [0.25, 0.3) is 0 Å². The van der Waals surface area contributed by atoms with E-state index in [1.54, 1.807) is 20.8 Å². The van der Waals surface area contributed by atoms with Crippen LogP contribution in [0.2, 0.25) is 0 Å². The van der Waals surface area contributed by atoms with E-state index in [2.05, 4.69) is 18.1 Å². The molecule has 0 heterocycles. The Hall–Kier alpha value is -2.40. The maximum Gasteiger partial charge on any atom is 0.323 e. The van der Waals surface area contributed by atoms with Gasteiger partial charge in [-0.25, -0.2) is 0 Å². The van der Waals surface area contributed by atoms with Crippen molar-refractivity contribution in [1.29, 1.82) is 0 Å². The molecule has 0 atom stereocenters. The summed E-state index contributed by atoms with van der Waals surface area (Å²) in [5.41, 5.74) is 1.47. The maximum atomic E-state index is 12.7. The van der Waals surface area contributed by atoms with Gasteiger partial charge in [-0.1, -0.05) is 57.2 Å². The third-order valence-electron chi connectivity index (χ3n) is 4.21. The van der Waals surface area contributed by atoms with Crippen molar-refractivity contribution in [3.05, 3.63) is 60.7 Å². The molecule has 0 aliphatic heterocycles. The standard InChI is InChI=1S/C22H32N2O3/c1-6-13-23(14-7-2)15-12-18-10-8-9-11-19(18)16-24(17-20(25)26)21(27)22(3,4)5/h6-11H,1-2,12-17H2,3-5H3,(H,25,26). The number of hydrogen-bond donors (Lipinski definition) is 1. The van der Waals surface area contributed by atoms with Gasteiger partial charge in [-0.2, -0.15) is 0 Å². The minimum absolute atomic E-state index is 0.167. The van der Waals surface area contributed by atoms with E-state index in [-0.39, 0.29) is 12.5 Å². The first kappa shape index (κ1) is 22.6. The second-order valence-corrected chi connectivity index (χ2v) is 7.66. The van der Waals surface area contributed by atoms with Crippen LogP contribution < -0.4 is 0 Å². The Balaban J connectivity index is 2.97. The van der Waals surface area contributed by atoms with Crippen molar-refractivity contribution in [2.75, 3.05) is 26.2 Å². The summed E-state index contributed by atoms with van der Waals surface area (Å²) in [4.78, 5) is 27.6. The quantitative estimate of drug-likeness (QED) is 0.605. The second kappa shape index (κ2) is 10.7. The Bertz CT molecular complexity index is 652. The molecule has 1 N–H and O–H groups in total. The Morgan fingerprint density at radius 3 is 2.11 bits per heavy atom. The second-order valence-electron chi connectivity index (χ2n) is 7.66. The fourth-order valence-corrected chi connectivity index (χ4v) is 2.90. The van der Waals surface area contributed by atoms with Crippen molar-refractivity contribution in [3.8, 4) is 0 Å². The minimum atomic E-state index is -1.01. The number of rotatable bonds is 11. The Morgan fingerprint density at radius 2 is 1.63 bits per heavy atom. The molecule has 0 fully saturated rings. The molecular weight excluding hydrogens is 340 g/mol. The molecule has 1 amide bonds. The van der Waals surface area contributed by atoms with E-state index in [0.29, 0.717) is 6.54 Å². The van der Waals surface area contributed by atoms with Gasteiger partial charge in [0.1, 0.15) is 6.54 Å². The lowest BCUT2D eigenvalue weighted by Gasteiger charge is -2.29. The molecule has 0 aromatic heterocycles. The fourth-order valence-electron chi connectivity index (χ4n) is 2.90. The lowest BCUT2D eigenvalue weighted by molar-refractivity contribution is -0.148. The molecule has 0 saturated carbocycles. The topological polar surface area (TPSA) is 60.9 Å². The van der Waals surface area contributed by atoms with E-state index in [9.17, 15) is 14.7 Å². The molecule has 5 heteroatoms. The van der Waals surface area contributed by atoms with Crippen LogP contribution in [-0.2, 0) is 22.6 Å². The number of carboxylic acids is 1. The highest BCUT2D eigenvalue weighted by atomic mass is 16.4. The van der Waals surface area contributed by atoms with Crippen LogP contribution >= 0.6 is 0 Å². The Labute approximate surface area is 163 Å². The number of nitrogens with zero attached hydrogens (tertiary/aromatic N) is 2. The molecule has 27 heavy (non-hydrogen) atoms. The van der Waals surface area contributed by atoms with Crippen LogP contribution in [0.3, 0.4) is 0 Å². The van der Waals surface area contributed by atoms with Gasteiger partial charge in [0.05, 0.1) is 0 Å². The lowest BCUT2D eigenvalue weighted by atomic mass is 9.94. The Kier molecular flexibility index (Phi) is 8.95. The molecule has 0 aliphatic carbocycles. The van der Waals surface area contributed by atoms with Gasteiger partial charge >= 0.3 is 5.97 Å². The molecule has 1 aromatic carbocycles. The van der Waals surface area contributed by atoms with Crippen LogP contribution in [0.15, 0.2) is 49.6 Å². The van der Waals surface area contributed by atoms with Gasteiger partial charge in [-0.15, -0.1) is 13.2 Å². The number of carbonyl (C=O) groups excluding carboxylic acids is 1. The van der Waals surface area contributed by atoms with E-state index < -0.39 is 11.4 Å². The first-order valence-corrected chi connectivity index (χ1v) is 9.21. The molecule has 0 bridgehead atoms. The number of hydrogen-bond acceptors (Lipinski definition) is 3. The molecule has 0 aliphatic rings. The maximum absolute atomic E-state index is 12.7. The van der Waals surface area contributed by atoms with Crippen LogP contribution in [0.5, 0.6) is 0 Å². The average molecular weight is 373 g/mol. The highest BCUT2D eigenvalue weighted by molar-refractivity contribution is 5.85. The zero-order valence-electron chi connectivity index (χ0n) is 16.8. The number of carbonyl (C=O) groups is 2. The minimum Gasteiger partial charge on any atom is -0.480 e. The summed E-state index contributed by atoms with van der Waals surface area (Å²) in [6.07, 6.45) is 4.54. The van der Waals surface area contributed by atoms with Gasteiger partial charge < -0.3 is 10.0 Å².